The predicted molar refractivity (Wildman–Crippen MR) is 141 cm³/mol. The molecular formula is C27H39BrN2O3. The molecule has 0 fully saturated rings. The van der Waals surface area contributed by atoms with E-state index < -0.39 is 17.2 Å². The number of nitrogens with one attached hydrogen (secondary N) is 2. The minimum Gasteiger partial charge on any atom is -0.444 e. The SMILES string of the molecule is CCCNc1cc(CBr)cc(COCC(C)(CC2=CCC=CC=C2)NC(=O)OC(C)(C)C)c1. The second-order valence-corrected chi connectivity index (χ2v) is 10.3. The van der Waals surface area contributed by atoms with E-state index in [9.17, 15) is 4.79 Å². The molecule has 0 saturated carbocycles. The smallest absolute Gasteiger partial charge is 0.408 e. The van der Waals surface area contributed by atoms with E-state index in [1.807, 2.05) is 39.8 Å². The third-order valence-corrected chi connectivity index (χ3v) is 5.59. The first kappa shape index (κ1) is 27.2. The summed E-state index contributed by atoms with van der Waals surface area (Å²) in [5.41, 5.74) is 3.39. The van der Waals surface area contributed by atoms with Crippen molar-refractivity contribution in [3.63, 3.8) is 0 Å². The summed E-state index contributed by atoms with van der Waals surface area (Å²) in [5.74, 6) is 0. The molecule has 5 nitrogen and oxygen atoms in total. The molecule has 0 aliphatic heterocycles. The molecule has 6 heteroatoms. The van der Waals surface area contributed by atoms with Crippen LogP contribution in [0.25, 0.3) is 0 Å². The topological polar surface area (TPSA) is 59.6 Å². The highest BCUT2D eigenvalue weighted by Gasteiger charge is 2.30. The highest BCUT2D eigenvalue weighted by Crippen LogP contribution is 2.23. The van der Waals surface area contributed by atoms with Gasteiger partial charge in [0.15, 0.2) is 0 Å². The van der Waals surface area contributed by atoms with Crippen LogP contribution in [-0.2, 0) is 21.4 Å². The van der Waals surface area contributed by atoms with Crippen molar-refractivity contribution in [3.05, 3.63) is 65.3 Å². The van der Waals surface area contributed by atoms with Crippen molar-refractivity contribution >= 4 is 27.7 Å². The van der Waals surface area contributed by atoms with Gasteiger partial charge in [0.25, 0.3) is 0 Å². The van der Waals surface area contributed by atoms with Crippen molar-refractivity contribution in [2.24, 2.45) is 0 Å². The molecule has 1 aromatic carbocycles. The molecular weight excluding hydrogens is 480 g/mol. The first-order valence-corrected chi connectivity index (χ1v) is 12.8. The molecule has 33 heavy (non-hydrogen) atoms. The Hall–Kier alpha value is -2.05. The number of halogens is 1. The number of hydrogen-bond acceptors (Lipinski definition) is 4. The Morgan fingerprint density at radius 2 is 1.88 bits per heavy atom. The lowest BCUT2D eigenvalue weighted by Gasteiger charge is -2.32. The van der Waals surface area contributed by atoms with E-state index in [0.717, 1.165) is 41.5 Å². The summed E-state index contributed by atoms with van der Waals surface area (Å²) in [4.78, 5) is 12.6. The molecule has 1 aliphatic rings. The largest absolute Gasteiger partial charge is 0.444 e. The Kier molecular flexibility index (Phi) is 10.7. The number of alkyl carbamates (subject to hydrolysis) is 1. The van der Waals surface area contributed by atoms with Gasteiger partial charge in [0.1, 0.15) is 5.60 Å². The first-order chi connectivity index (χ1) is 15.6. The lowest BCUT2D eigenvalue weighted by molar-refractivity contribution is 0.0289. The molecule has 0 heterocycles. The van der Waals surface area contributed by atoms with Gasteiger partial charge in [-0.05, 0) is 75.8 Å². The Labute approximate surface area is 207 Å². The van der Waals surface area contributed by atoms with Crippen LogP contribution in [0.2, 0.25) is 0 Å². The van der Waals surface area contributed by atoms with Crippen LogP contribution in [0.5, 0.6) is 0 Å². The fourth-order valence-corrected chi connectivity index (χ4v) is 3.90. The minimum absolute atomic E-state index is 0.362. The molecule has 1 aromatic rings. The highest BCUT2D eigenvalue weighted by atomic mass is 79.9. The van der Waals surface area contributed by atoms with Crippen LogP contribution in [0.1, 0.15) is 65.0 Å². The van der Waals surface area contributed by atoms with E-state index in [1.54, 1.807) is 0 Å². The quantitative estimate of drug-likeness (QED) is 0.308. The number of rotatable bonds is 11. The van der Waals surface area contributed by atoms with Crippen molar-refractivity contribution in [2.75, 3.05) is 18.5 Å². The summed E-state index contributed by atoms with van der Waals surface area (Å²) in [6, 6.07) is 6.43. The summed E-state index contributed by atoms with van der Waals surface area (Å²) in [5, 5.41) is 7.30. The fourth-order valence-electron chi connectivity index (χ4n) is 3.58. The Bertz CT molecular complexity index is 871. The van der Waals surface area contributed by atoms with E-state index in [-0.39, 0.29) is 0 Å². The van der Waals surface area contributed by atoms with E-state index in [1.165, 1.54) is 5.56 Å². The minimum atomic E-state index is -0.612. The molecule has 1 unspecified atom stereocenters. The average Bonchev–Trinajstić information content (AvgIpc) is 2.98. The van der Waals surface area contributed by atoms with Gasteiger partial charge in [-0.1, -0.05) is 59.3 Å². The van der Waals surface area contributed by atoms with E-state index >= 15 is 0 Å². The number of carbonyl (C=O) groups is 1. The fraction of sp³-hybridized carbons (Fsp3) is 0.519. The number of amides is 1. The van der Waals surface area contributed by atoms with Crippen LogP contribution in [-0.4, -0.2) is 30.4 Å². The van der Waals surface area contributed by atoms with Gasteiger partial charge in [0.05, 0.1) is 18.8 Å². The van der Waals surface area contributed by atoms with Gasteiger partial charge in [-0.25, -0.2) is 4.79 Å². The molecule has 0 spiro atoms. The van der Waals surface area contributed by atoms with Gasteiger partial charge in [0, 0.05) is 17.6 Å². The zero-order chi connectivity index (χ0) is 24.3. The zero-order valence-electron chi connectivity index (χ0n) is 20.7. The number of carbonyl (C=O) groups excluding carboxylic acids is 1. The summed E-state index contributed by atoms with van der Waals surface area (Å²) in [6.45, 7) is 11.5. The van der Waals surface area contributed by atoms with Crippen molar-refractivity contribution in [2.45, 2.75) is 77.0 Å². The predicted octanol–water partition coefficient (Wildman–Crippen LogP) is 7.04. The standard InChI is InChI=1S/C27H39BrN2O3/c1-6-13-29-24-15-22(18-28)14-23(16-24)19-32-20-27(5,30-25(31)33-26(2,3)4)17-21-11-9-7-8-10-12-21/h7-9,11-12,14-16,29H,6,10,13,17-20H2,1-5H3,(H,30,31). The molecule has 2 rings (SSSR count). The normalized spacial score (nSPS) is 15.4. The third-order valence-electron chi connectivity index (χ3n) is 4.95. The molecule has 2 N–H and O–H groups in total. The van der Waals surface area contributed by atoms with E-state index in [0.29, 0.717) is 19.6 Å². The highest BCUT2D eigenvalue weighted by molar-refractivity contribution is 9.08. The molecule has 0 bridgehead atoms. The molecule has 1 aliphatic carbocycles. The lowest BCUT2D eigenvalue weighted by atomic mass is 9.92. The Balaban J connectivity index is 2.10. The number of alkyl halides is 1. The zero-order valence-corrected chi connectivity index (χ0v) is 22.3. The molecule has 0 aromatic heterocycles. The van der Waals surface area contributed by atoms with Crippen molar-refractivity contribution in [3.8, 4) is 0 Å². The number of ether oxygens (including phenoxy) is 2. The Morgan fingerprint density at radius 3 is 2.58 bits per heavy atom. The van der Waals surface area contributed by atoms with Gasteiger partial charge >= 0.3 is 6.09 Å². The second-order valence-electron chi connectivity index (χ2n) is 9.76. The van der Waals surface area contributed by atoms with Gasteiger partial charge in [-0.2, -0.15) is 0 Å². The van der Waals surface area contributed by atoms with Crippen LogP contribution in [0.3, 0.4) is 0 Å². The summed E-state index contributed by atoms with van der Waals surface area (Å²) < 4.78 is 11.7. The van der Waals surface area contributed by atoms with Gasteiger partial charge < -0.3 is 20.1 Å². The van der Waals surface area contributed by atoms with E-state index in [2.05, 4.69) is 69.9 Å². The maximum Gasteiger partial charge on any atom is 0.408 e. The lowest BCUT2D eigenvalue weighted by Crippen LogP contribution is -2.51. The maximum absolute atomic E-state index is 12.6. The second kappa shape index (κ2) is 13.0. The average molecular weight is 520 g/mol. The molecule has 1 amide bonds. The number of anilines is 1. The molecule has 0 radical (unpaired) electrons. The van der Waals surface area contributed by atoms with Crippen molar-refractivity contribution in [1.82, 2.24) is 5.32 Å². The summed E-state index contributed by atoms with van der Waals surface area (Å²) in [7, 11) is 0. The van der Waals surface area contributed by atoms with E-state index in [4.69, 9.17) is 9.47 Å². The summed E-state index contributed by atoms with van der Waals surface area (Å²) >= 11 is 3.56. The number of benzene rings is 1. The van der Waals surface area contributed by atoms with Crippen LogP contribution in [0, 0.1) is 0 Å². The molecule has 1 atom stereocenters. The molecule has 0 saturated heterocycles. The van der Waals surface area contributed by atoms with Crippen LogP contribution in [0.15, 0.2) is 54.2 Å². The third kappa shape index (κ3) is 10.6. The van der Waals surface area contributed by atoms with Gasteiger partial charge in [-0.15, -0.1) is 0 Å². The molecule has 182 valence electrons. The Morgan fingerprint density at radius 1 is 1.12 bits per heavy atom. The monoisotopic (exact) mass is 518 g/mol. The van der Waals surface area contributed by atoms with Crippen LogP contribution >= 0.6 is 15.9 Å². The van der Waals surface area contributed by atoms with Crippen molar-refractivity contribution < 1.29 is 14.3 Å². The van der Waals surface area contributed by atoms with Gasteiger partial charge in [-0.3, -0.25) is 0 Å². The first-order valence-electron chi connectivity index (χ1n) is 11.7. The number of hydrogen-bond donors (Lipinski definition) is 2. The maximum atomic E-state index is 12.6. The van der Waals surface area contributed by atoms with Crippen LogP contribution < -0.4 is 10.6 Å². The van der Waals surface area contributed by atoms with Gasteiger partial charge in [0.2, 0.25) is 0 Å². The number of allylic oxidation sites excluding steroid dienone is 5. The van der Waals surface area contributed by atoms with Crippen LogP contribution in [0.4, 0.5) is 10.5 Å². The van der Waals surface area contributed by atoms with Crippen molar-refractivity contribution in [1.29, 1.82) is 0 Å². The summed E-state index contributed by atoms with van der Waals surface area (Å²) in [6.07, 6.45) is 12.6.